The maximum Gasteiger partial charge on any atom is 0.260 e. The Morgan fingerprint density at radius 3 is 2.62 bits per heavy atom. The van der Waals surface area contributed by atoms with Gasteiger partial charge >= 0.3 is 0 Å². The molecule has 0 N–H and O–H groups in total. The first-order valence-corrected chi connectivity index (χ1v) is 10.8. The molecule has 2 heterocycles. The maximum atomic E-state index is 13.3. The zero-order valence-corrected chi connectivity index (χ0v) is 17.9. The molecule has 4 rings (SSSR count). The number of benzene rings is 2. The van der Waals surface area contributed by atoms with E-state index in [0.29, 0.717) is 33.8 Å². The summed E-state index contributed by atoms with van der Waals surface area (Å²) >= 11 is 7.59. The van der Waals surface area contributed by atoms with E-state index in [0.717, 1.165) is 29.9 Å². The molecule has 3 aromatic rings. The smallest absolute Gasteiger partial charge is 0.260 e. The third-order valence-corrected chi connectivity index (χ3v) is 6.23. The zero-order valence-electron chi connectivity index (χ0n) is 16.4. The van der Waals surface area contributed by atoms with Crippen molar-refractivity contribution in [1.29, 1.82) is 0 Å². The van der Waals surface area contributed by atoms with Crippen molar-refractivity contribution >= 4 is 44.2 Å². The summed E-state index contributed by atoms with van der Waals surface area (Å²) < 4.78 is 11.9. The minimum Gasteiger partial charge on any atom is -0.454 e. The topological polar surface area (TPSA) is 54.9 Å². The Kier molecular flexibility index (Phi) is 5.89. The molecule has 0 saturated heterocycles. The molecule has 0 saturated carbocycles. The normalized spacial score (nSPS) is 12.7. The molecule has 1 aromatic heterocycles. The lowest BCUT2D eigenvalue weighted by Gasteiger charge is -2.24. The summed E-state index contributed by atoms with van der Waals surface area (Å²) in [6.07, 6.45) is 0. The van der Waals surface area contributed by atoms with Gasteiger partial charge in [0, 0.05) is 35.8 Å². The number of carbonyl (C=O) groups is 1. The van der Waals surface area contributed by atoms with Gasteiger partial charge < -0.3 is 14.4 Å². The number of ether oxygens (including phenoxy) is 2. The summed E-state index contributed by atoms with van der Waals surface area (Å²) in [7, 11) is 0. The van der Waals surface area contributed by atoms with Gasteiger partial charge in [0.1, 0.15) is 0 Å². The van der Waals surface area contributed by atoms with Gasteiger partial charge in [-0.3, -0.25) is 9.69 Å². The molecule has 0 spiro atoms. The number of likely N-dealkylation sites (N-methyl/N-ethyl adjacent to an activating group) is 1. The molecule has 0 aliphatic carbocycles. The molecule has 6 nitrogen and oxygen atoms in total. The molecule has 1 aliphatic heterocycles. The number of rotatable bonds is 7. The molecule has 0 radical (unpaired) electrons. The predicted octanol–water partition coefficient (Wildman–Crippen LogP) is 4.67. The van der Waals surface area contributed by atoms with Crippen LogP contribution in [0, 0.1) is 0 Å². The van der Waals surface area contributed by atoms with Gasteiger partial charge in [-0.15, -0.1) is 0 Å². The van der Waals surface area contributed by atoms with Crippen molar-refractivity contribution in [2.24, 2.45) is 0 Å². The Bertz CT molecular complexity index is 994. The highest BCUT2D eigenvalue weighted by molar-refractivity contribution is 7.22. The molecule has 0 atom stereocenters. The van der Waals surface area contributed by atoms with Crippen LogP contribution in [0.2, 0.25) is 5.02 Å². The fourth-order valence-electron chi connectivity index (χ4n) is 3.26. The number of hydrogen-bond acceptors (Lipinski definition) is 6. The van der Waals surface area contributed by atoms with Crippen LogP contribution >= 0.6 is 22.9 Å². The maximum absolute atomic E-state index is 13.3. The minimum absolute atomic E-state index is 0.112. The summed E-state index contributed by atoms with van der Waals surface area (Å²) in [6.45, 7) is 7.62. The van der Waals surface area contributed by atoms with E-state index in [1.807, 2.05) is 12.1 Å². The van der Waals surface area contributed by atoms with Crippen LogP contribution < -0.4 is 14.4 Å². The first-order chi connectivity index (χ1) is 14.1. The second kappa shape index (κ2) is 8.57. The van der Waals surface area contributed by atoms with Crippen molar-refractivity contribution in [1.82, 2.24) is 9.88 Å². The van der Waals surface area contributed by atoms with E-state index in [-0.39, 0.29) is 12.7 Å². The Morgan fingerprint density at radius 1 is 1.14 bits per heavy atom. The Labute approximate surface area is 178 Å². The number of amides is 1. The van der Waals surface area contributed by atoms with Crippen molar-refractivity contribution < 1.29 is 14.3 Å². The van der Waals surface area contributed by atoms with Crippen molar-refractivity contribution in [3.05, 3.63) is 47.0 Å². The number of carbonyl (C=O) groups excluding carboxylic acids is 1. The first kappa shape index (κ1) is 19.9. The number of nitrogens with zero attached hydrogens (tertiary/aromatic N) is 3. The van der Waals surface area contributed by atoms with Crippen molar-refractivity contribution in [2.45, 2.75) is 13.8 Å². The van der Waals surface area contributed by atoms with Crippen LogP contribution in [0.3, 0.4) is 0 Å². The second-order valence-electron chi connectivity index (χ2n) is 6.66. The minimum atomic E-state index is -0.112. The quantitative estimate of drug-likeness (QED) is 0.544. The largest absolute Gasteiger partial charge is 0.454 e. The molecule has 29 heavy (non-hydrogen) atoms. The van der Waals surface area contributed by atoms with E-state index < -0.39 is 0 Å². The van der Waals surface area contributed by atoms with Gasteiger partial charge in [0.15, 0.2) is 16.6 Å². The zero-order chi connectivity index (χ0) is 20.4. The Morgan fingerprint density at radius 2 is 1.90 bits per heavy atom. The van der Waals surface area contributed by atoms with E-state index in [9.17, 15) is 4.79 Å². The van der Waals surface area contributed by atoms with Gasteiger partial charge in [-0.05, 0) is 31.3 Å². The summed E-state index contributed by atoms with van der Waals surface area (Å²) in [6, 6.07) is 10.8. The van der Waals surface area contributed by atoms with Gasteiger partial charge in [0.2, 0.25) is 6.79 Å². The number of thiazole rings is 1. The second-order valence-corrected chi connectivity index (χ2v) is 8.11. The van der Waals surface area contributed by atoms with Crippen LogP contribution in [-0.4, -0.2) is 48.8 Å². The Hall–Kier alpha value is -2.35. The van der Waals surface area contributed by atoms with Crippen molar-refractivity contribution in [2.75, 3.05) is 37.9 Å². The lowest BCUT2D eigenvalue weighted by Crippen LogP contribution is -2.38. The average Bonchev–Trinajstić information content (AvgIpc) is 3.34. The number of fused-ring (bicyclic) bond motifs is 2. The van der Waals surface area contributed by atoms with Crippen molar-refractivity contribution in [3.63, 3.8) is 0 Å². The van der Waals surface area contributed by atoms with Gasteiger partial charge in [-0.25, -0.2) is 4.98 Å². The highest BCUT2D eigenvalue weighted by Crippen LogP contribution is 2.40. The standard InChI is InChI=1S/C21H22ClN3O3S/c1-3-24(4-2)8-9-25(20(26)14-6-5-7-15(22)10-14)21-23-16-11-17-18(28-13-27-17)12-19(16)29-21/h5-7,10-12H,3-4,8-9,13H2,1-2H3. The molecule has 1 amide bonds. The summed E-state index contributed by atoms with van der Waals surface area (Å²) in [5.74, 6) is 1.28. The average molecular weight is 432 g/mol. The molecule has 8 heteroatoms. The highest BCUT2D eigenvalue weighted by Gasteiger charge is 2.24. The highest BCUT2D eigenvalue weighted by atomic mass is 35.5. The predicted molar refractivity (Wildman–Crippen MR) is 117 cm³/mol. The van der Waals surface area contributed by atoms with Crippen molar-refractivity contribution in [3.8, 4) is 11.5 Å². The van der Waals surface area contributed by atoms with Crippen LogP contribution in [0.15, 0.2) is 36.4 Å². The van der Waals surface area contributed by atoms with E-state index in [2.05, 4.69) is 18.7 Å². The van der Waals surface area contributed by atoms with Crippen LogP contribution in [0.5, 0.6) is 11.5 Å². The molecule has 152 valence electrons. The number of anilines is 1. The van der Waals surface area contributed by atoms with Gasteiger partial charge in [-0.2, -0.15) is 0 Å². The van der Waals surface area contributed by atoms with E-state index in [1.165, 1.54) is 11.3 Å². The molecule has 1 aliphatic rings. The molecule has 2 aromatic carbocycles. The lowest BCUT2D eigenvalue weighted by molar-refractivity contribution is 0.0983. The fourth-order valence-corrected chi connectivity index (χ4v) is 4.45. The molecular formula is C21H22ClN3O3S. The molecule has 0 bridgehead atoms. The monoisotopic (exact) mass is 431 g/mol. The van der Waals surface area contributed by atoms with E-state index in [4.69, 9.17) is 26.1 Å². The molecule has 0 fully saturated rings. The molecule has 0 unspecified atom stereocenters. The number of hydrogen-bond donors (Lipinski definition) is 0. The van der Waals surface area contributed by atoms with Gasteiger partial charge in [0.05, 0.1) is 10.2 Å². The number of halogens is 1. The van der Waals surface area contributed by atoms with E-state index >= 15 is 0 Å². The Balaban J connectivity index is 1.69. The van der Waals surface area contributed by atoms with Crippen LogP contribution in [-0.2, 0) is 0 Å². The molecular weight excluding hydrogens is 410 g/mol. The third-order valence-electron chi connectivity index (χ3n) is 4.95. The van der Waals surface area contributed by atoms with E-state index in [1.54, 1.807) is 29.2 Å². The van der Waals surface area contributed by atoms with Crippen LogP contribution in [0.25, 0.3) is 10.2 Å². The van der Waals surface area contributed by atoms with Gasteiger partial charge in [0.25, 0.3) is 5.91 Å². The SMILES string of the molecule is CCN(CC)CCN(C(=O)c1cccc(Cl)c1)c1nc2cc3c(cc2s1)OCO3. The van der Waals surface area contributed by atoms with Gasteiger partial charge in [-0.1, -0.05) is 42.9 Å². The lowest BCUT2D eigenvalue weighted by atomic mass is 10.2. The summed E-state index contributed by atoms with van der Waals surface area (Å²) in [5, 5.41) is 1.19. The number of aromatic nitrogens is 1. The third kappa shape index (κ3) is 4.17. The fraction of sp³-hybridized carbons (Fsp3) is 0.333. The first-order valence-electron chi connectivity index (χ1n) is 9.59. The summed E-state index contributed by atoms with van der Waals surface area (Å²) in [5.41, 5.74) is 1.34. The summed E-state index contributed by atoms with van der Waals surface area (Å²) in [4.78, 5) is 22.1. The van der Waals surface area contributed by atoms with Crippen LogP contribution in [0.4, 0.5) is 5.13 Å². The van der Waals surface area contributed by atoms with Crippen LogP contribution in [0.1, 0.15) is 24.2 Å².